The van der Waals surface area contributed by atoms with Crippen LogP contribution >= 0.6 is 11.6 Å². The van der Waals surface area contributed by atoms with E-state index in [4.69, 9.17) is 11.6 Å². The van der Waals surface area contributed by atoms with Crippen molar-refractivity contribution >= 4 is 41.6 Å². The molecule has 1 aliphatic carbocycles. The van der Waals surface area contributed by atoms with Gasteiger partial charge < -0.3 is 30.2 Å². The highest BCUT2D eigenvalue weighted by atomic mass is 35.5. The molecule has 324 valence electrons. The molecule has 2 N–H and O–H groups in total. The number of aryl methyl sites for hydroxylation is 1. The fourth-order valence-electron chi connectivity index (χ4n) is 8.93. The number of carbonyl (C=O) groups is 5. The molecular weight excluding hydrogens is 773 g/mol. The number of likely N-dealkylation sites (tertiary alicyclic amines) is 1. The van der Waals surface area contributed by atoms with Crippen LogP contribution in [0.3, 0.4) is 0 Å². The topological polar surface area (TPSA) is 126 Å². The number of piperidine rings is 1. The van der Waals surface area contributed by atoms with Gasteiger partial charge in [0, 0.05) is 77.9 Å². The summed E-state index contributed by atoms with van der Waals surface area (Å²) in [5, 5.41) is 6.08. The molecule has 3 heterocycles. The highest BCUT2D eigenvalue weighted by molar-refractivity contribution is 6.27. The smallest absolute Gasteiger partial charge is 0.256 e. The van der Waals surface area contributed by atoms with Crippen LogP contribution in [0, 0.1) is 24.6 Å². The van der Waals surface area contributed by atoms with Gasteiger partial charge in [0.2, 0.25) is 24.1 Å². The van der Waals surface area contributed by atoms with Gasteiger partial charge in [-0.1, -0.05) is 68.1 Å². The summed E-state index contributed by atoms with van der Waals surface area (Å²) in [7, 11) is 0. The molecule has 59 heavy (non-hydrogen) atoms. The first-order valence-corrected chi connectivity index (χ1v) is 22.2. The second-order valence-electron chi connectivity index (χ2n) is 16.7. The Labute approximate surface area is 355 Å². The molecule has 4 fully saturated rings. The molecule has 3 atom stereocenters. The van der Waals surface area contributed by atoms with E-state index in [1.165, 1.54) is 29.7 Å². The van der Waals surface area contributed by atoms with Crippen molar-refractivity contribution in [3.63, 3.8) is 0 Å². The third-order valence-corrected chi connectivity index (χ3v) is 12.6. The second-order valence-corrected chi connectivity index (χ2v) is 17.0. The maximum atomic E-state index is 14.0. The summed E-state index contributed by atoms with van der Waals surface area (Å²) in [5.41, 5.74) is 2.69. The van der Waals surface area contributed by atoms with Crippen molar-refractivity contribution in [3.05, 3.63) is 71.0 Å². The standard InChI is InChI=1S/C31H47FN6O4.C14H18ClNO/c1-24(22-35-13-15-38(16-14-35)31(42)29(34-23-39)25-7-3-2-4-8-25)11-12-33-21-28(40)36-17-19-37(20-18-36)30(41)26-9-5-6-10-27(26)32;1-11-4-2-5-12(8-11)13-6-3-7-16(10-13)14(17)9-15/h5-6,9-10,23-25,29,33H,2-4,7-8,11-22H2,1H3,(H,34,39);2,4-5,8,13H,3,6-7,9-10H2,1H3. The van der Waals surface area contributed by atoms with E-state index in [2.05, 4.69) is 53.6 Å². The minimum absolute atomic E-state index is 0.0111. The number of rotatable bonds is 14. The molecule has 3 saturated heterocycles. The van der Waals surface area contributed by atoms with Gasteiger partial charge in [-0.3, -0.25) is 28.9 Å². The van der Waals surface area contributed by atoms with Crippen molar-refractivity contribution < 1.29 is 28.4 Å². The van der Waals surface area contributed by atoms with Crippen molar-refractivity contribution in [1.29, 1.82) is 0 Å². The lowest BCUT2D eigenvalue weighted by Gasteiger charge is -2.39. The largest absolute Gasteiger partial charge is 0.347 e. The predicted octanol–water partition coefficient (Wildman–Crippen LogP) is 4.50. The first-order chi connectivity index (χ1) is 28.6. The first kappa shape index (κ1) is 46.0. The third-order valence-electron chi connectivity index (χ3n) is 12.4. The van der Waals surface area contributed by atoms with Gasteiger partial charge in [0.25, 0.3) is 5.91 Å². The molecule has 2 aromatic carbocycles. The van der Waals surface area contributed by atoms with Crippen LogP contribution in [0.25, 0.3) is 0 Å². The number of hydrogen-bond acceptors (Lipinski definition) is 7. The zero-order valence-corrected chi connectivity index (χ0v) is 35.9. The minimum Gasteiger partial charge on any atom is -0.347 e. The number of benzene rings is 2. The molecule has 3 aliphatic heterocycles. The van der Waals surface area contributed by atoms with E-state index in [1.54, 1.807) is 21.9 Å². The fourth-order valence-corrected chi connectivity index (χ4v) is 9.10. The number of alkyl halides is 1. The number of nitrogens with zero attached hydrogens (tertiary/aromatic N) is 5. The summed E-state index contributed by atoms with van der Waals surface area (Å²) < 4.78 is 14.0. The number of hydrogen-bond donors (Lipinski definition) is 2. The van der Waals surface area contributed by atoms with Gasteiger partial charge in [-0.05, 0) is 75.1 Å². The number of piperazine rings is 2. The van der Waals surface area contributed by atoms with Gasteiger partial charge in [-0.25, -0.2) is 4.39 Å². The fraction of sp³-hybridized carbons (Fsp3) is 0.622. The Balaban J connectivity index is 0.000000323. The summed E-state index contributed by atoms with van der Waals surface area (Å²) in [5.74, 6) is 0.524. The van der Waals surface area contributed by atoms with Crippen LogP contribution < -0.4 is 10.6 Å². The Morgan fingerprint density at radius 1 is 0.814 bits per heavy atom. The van der Waals surface area contributed by atoms with E-state index in [0.29, 0.717) is 57.5 Å². The minimum atomic E-state index is -0.525. The van der Waals surface area contributed by atoms with Crippen LogP contribution in [0.4, 0.5) is 4.39 Å². The van der Waals surface area contributed by atoms with Gasteiger partial charge in [0.15, 0.2) is 0 Å². The first-order valence-electron chi connectivity index (χ1n) is 21.7. The van der Waals surface area contributed by atoms with Gasteiger partial charge in [-0.2, -0.15) is 0 Å². The molecule has 3 unspecified atom stereocenters. The lowest BCUT2D eigenvalue weighted by Crippen LogP contribution is -2.56. The van der Waals surface area contributed by atoms with Crippen LogP contribution in [0.1, 0.15) is 85.7 Å². The zero-order chi connectivity index (χ0) is 42.1. The molecular formula is C45H65ClFN7O5. The number of nitrogens with one attached hydrogen (secondary N) is 2. The van der Waals surface area contributed by atoms with Crippen LogP contribution in [-0.4, -0.2) is 152 Å². The van der Waals surface area contributed by atoms with Crippen molar-refractivity contribution in [2.45, 2.75) is 77.2 Å². The van der Waals surface area contributed by atoms with E-state index in [9.17, 15) is 28.4 Å². The Morgan fingerprint density at radius 3 is 2.19 bits per heavy atom. The summed E-state index contributed by atoms with van der Waals surface area (Å²) in [6.45, 7) is 12.6. The molecule has 4 aliphatic rings. The summed E-state index contributed by atoms with van der Waals surface area (Å²) in [6.07, 6.45) is 9.31. The molecule has 0 aromatic heterocycles. The lowest BCUT2D eigenvalue weighted by atomic mass is 9.83. The van der Waals surface area contributed by atoms with Gasteiger partial charge >= 0.3 is 0 Å². The third kappa shape index (κ3) is 13.7. The van der Waals surface area contributed by atoms with E-state index in [1.807, 2.05) is 9.80 Å². The molecule has 5 amide bonds. The maximum absolute atomic E-state index is 14.0. The number of carbonyl (C=O) groups excluding carboxylic acids is 5. The maximum Gasteiger partial charge on any atom is 0.256 e. The van der Waals surface area contributed by atoms with E-state index in [-0.39, 0.29) is 47.5 Å². The van der Waals surface area contributed by atoms with Gasteiger partial charge in [0.05, 0.1) is 12.1 Å². The molecule has 0 bridgehead atoms. The molecule has 1 saturated carbocycles. The van der Waals surface area contributed by atoms with Crippen molar-refractivity contribution in [3.8, 4) is 0 Å². The molecule has 12 nitrogen and oxygen atoms in total. The monoisotopic (exact) mass is 837 g/mol. The highest BCUT2D eigenvalue weighted by Crippen LogP contribution is 2.29. The van der Waals surface area contributed by atoms with E-state index >= 15 is 0 Å². The predicted molar refractivity (Wildman–Crippen MR) is 229 cm³/mol. The van der Waals surface area contributed by atoms with Gasteiger partial charge in [0.1, 0.15) is 17.7 Å². The van der Waals surface area contributed by atoms with Crippen molar-refractivity contribution in [2.75, 3.05) is 91.0 Å². The van der Waals surface area contributed by atoms with Gasteiger partial charge in [-0.15, -0.1) is 11.6 Å². The molecule has 0 spiro atoms. The Morgan fingerprint density at radius 2 is 1.51 bits per heavy atom. The van der Waals surface area contributed by atoms with Crippen molar-refractivity contribution in [1.82, 2.24) is 35.1 Å². The SMILES string of the molecule is CC(CCNCC(=O)N1CCN(C(=O)c2ccccc2F)CC1)CN1CCN(C(=O)C(NC=O)C2CCCCC2)CC1.Cc1cccc(C2CCCN(C(=O)CCl)C2)c1. The van der Waals surface area contributed by atoms with E-state index in [0.717, 1.165) is 84.2 Å². The quantitative estimate of drug-likeness (QED) is 0.163. The Kier molecular flexibility index (Phi) is 18.4. The molecule has 14 heteroatoms. The molecule has 6 rings (SSSR count). The lowest BCUT2D eigenvalue weighted by molar-refractivity contribution is -0.138. The summed E-state index contributed by atoms with van der Waals surface area (Å²) in [4.78, 5) is 70.8. The molecule has 2 aromatic rings. The normalized spacial score (nSPS) is 20.2. The average Bonchev–Trinajstić information content (AvgIpc) is 3.27. The Bertz CT molecular complexity index is 1680. The van der Waals surface area contributed by atoms with Crippen LogP contribution in [0.15, 0.2) is 48.5 Å². The molecule has 0 radical (unpaired) electrons. The number of amides is 5. The average molecular weight is 839 g/mol. The van der Waals surface area contributed by atoms with Crippen LogP contribution in [-0.2, 0) is 19.2 Å². The highest BCUT2D eigenvalue weighted by Gasteiger charge is 2.34. The zero-order valence-electron chi connectivity index (χ0n) is 35.1. The van der Waals surface area contributed by atoms with E-state index < -0.39 is 11.9 Å². The Hall–Kier alpha value is -4.07. The summed E-state index contributed by atoms with van der Waals surface area (Å²) >= 11 is 5.61. The number of halogens is 2. The van der Waals surface area contributed by atoms with Crippen LogP contribution in [0.5, 0.6) is 0 Å². The summed E-state index contributed by atoms with van der Waals surface area (Å²) in [6, 6.07) is 14.2. The van der Waals surface area contributed by atoms with Crippen LogP contribution in [0.2, 0.25) is 0 Å². The van der Waals surface area contributed by atoms with Crippen molar-refractivity contribution in [2.24, 2.45) is 11.8 Å². The second kappa shape index (κ2) is 23.6.